The normalized spacial score (nSPS) is 16.6. The van der Waals surface area contributed by atoms with Gasteiger partial charge in [0.1, 0.15) is 0 Å². The van der Waals surface area contributed by atoms with Gasteiger partial charge in [-0.05, 0) is 72.4 Å². The maximum Gasteiger partial charge on any atom is 0.337 e. The minimum absolute atomic E-state index is 0.131. The van der Waals surface area contributed by atoms with E-state index in [0.29, 0.717) is 17.4 Å². The van der Waals surface area contributed by atoms with E-state index in [2.05, 4.69) is 48.2 Å². The smallest absolute Gasteiger partial charge is 0.337 e. The molecule has 0 heterocycles. The van der Waals surface area contributed by atoms with E-state index in [1.54, 1.807) is 0 Å². The maximum atomic E-state index is 11.6. The van der Waals surface area contributed by atoms with Crippen molar-refractivity contribution in [1.82, 2.24) is 0 Å². The molecule has 0 atom stereocenters. The van der Waals surface area contributed by atoms with Crippen LogP contribution >= 0.6 is 0 Å². The highest BCUT2D eigenvalue weighted by atomic mass is 16.5. The lowest BCUT2D eigenvalue weighted by molar-refractivity contribution is 0.0600. The SMILES string of the molecule is CN(C)c1cc(CO)ccc1C1CCCCC1.COC(=O)c1ccc(C2CCCCC2)c(N(C)C)c1. The minimum Gasteiger partial charge on any atom is -0.465 e. The van der Waals surface area contributed by atoms with Gasteiger partial charge < -0.3 is 19.6 Å². The summed E-state index contributed by atoms with van der Waals surface area (Å²) in [6.45, 7) is 0.131. The quantitative estimate of drug-likeness (QED) is 0.444. The molecule has 0 unspecified atom stereocenters. The number of benzene rings is 2. The first-order chi connectivity index (χ1) is 17.3. The van der Waals surface area contributed by atoms with Crippen LogP contribution in [0.2, 0.25) is 0 Å². The Bertz CT molecular complexity index is 974. The van der Waals surface area contributed by atoms with E-state index in [1.165, 1.54) is 88.1 Å². The van der Waals surface area contributed by atoms with Crippen LogP contribution in [0.4, 0.5) is 11.4 Å². The lowest BCUT2D eigenvalue weighted by Crippen LogP contribution is -2.16. The van der Waals surface area contributed by atoms with Crippen molar-refractivity contribution in [3.05, 3.63) is 58.7 Å². The average molecular weight is 495 g/mol. The lowest BCUT2D eigenvalue weighted by Gasteiger charge is -2.27. The summed E-state index contributed by atoms with van der Waals surface area (Å²) in [7, 11) is 9.66. The molecule has 36 heavy (non-hydrogen) atoms. The van der Waals surface area contributed by atoms with Crippen molar-refractivity contribution in [2.75, 3.05) is 45.1 Å². The van der Waals surface area contributed by atoms with E-state index in [1.807, 2.05) is 26.2 Å². The number of carbonyl (C=O) groups excluding carboxylic acids is 1. The van der Waals surface area contributed by atoms with Crippen LogP contribution in [0.3, 0.4) is 0 Å². The zero-order chi connectivity index (χ0) is 26.1. The summed E-state index contributed by atoms with van der Waals surface area (Å²) in [6.07, 6.45) is 13.3. The second-order valence-electron chi connectivity index (χ2n) is 10.8. The number of aliphatic hydroxyl groups is 1. The van der Waals surface area contributed by atoms with E-state index < -0.39 is 0 Å². The highest BCUT2D eigenvalue weighted by Crippen LogP contribution is 2.39. The van der Waals surface area contributed by atoms with Gasteiger partial charge in [-0.2, -0.15) is 0 Å². The molecule has 5 heteroatoms. The van der Waals surface area contributed by atoms with Crippen molar-refractivity contribution < 1.29 is 14.6 Å². The summed E-state index contributed by atoms with van der Waals surface area (Å²) in [4.78, 5) is 15.9. The summed E-state index contributed by atoms with van der Waals surface area (Å²) in [5, 5.41) is 9.23. The van der Waals surface area contributed by atoms with Crippen molar-refractivity contribution in [2.45, 2.75) is 82.7 Å². The first-order valence-electron chi connectivity index (χ1n) is 13.7. The Labute approximate surface area is 218 Å². The van der Waals surface area contributed by atoms with Crippen molar-refractivity contribution in [2.24, 2.45) is 0 Å². The summed E-state index contributed by atoms with van der Waals surface area (Å²) in [6, 6.07) is 12.4. The fraction of sp³-hybridized carbons (Fsp3) is 0.581. The van der Waals surface area contributed by atoms with Crippen LogP contribution in [0, 0.1) is 0 Å². The topological polar surface area (TPSA) is 53.0 Å². The van der Waals surface area contributed by atoms with Gasteiger partial charge in [-0.3, -0.25) is 0 Å². The summed E-state index contributed by atoms with van der Waals surface area (Å²) in [5.41, 5.74) is 6.90. The van der Waals surface area contributed by atoms with Gasteiger partial charge in [-0.15, -0.1) is 0 Å². The molecular formula is C31H46N2O3. The molecule has 0 radical (unpaired) electrons. The molecule has 5 nitrogen and oxygen atoms in total. The molecule has 2 aliphatic rings. The van der Waals surface area contributed by atoms with Crippen LogP contribution in [-0.4, -0.2) is 46.4 Å². The molecular weight excluding hydrogens is 448 g/mol. The number of carbonyl (C=O) groups is 1. The summed E-state index contributed by atoms with van der Waals surface area (Å²) in [5.74, 6) is 1.09. The van der Waals surface area contributed by atoms with Crippen LogP contribution in [0.25, 0.3) is 0 Å². The largest absolute Gasteiger partial charge is 0.465 e. The molecule has 198 valence electrons. The molecule has 0 bridgehead atoms. The van der Waals surface area contributed by atoms with E-state index >= 15 is 0 Å². The van der Waals surface area contributed by atoms with Gasteiger partial charge in [0, 0.05) is 39.6 Å². The Kier molecular flexibility index (Phi) is 10.7. The number of aliphatic hydroxyl groups excluding tert-OH is 1. The Balaban J connectivity index is 0.000000202. The number of methoxy groups -OCH3 is 1. The third-order valence-electron chi connectivity index (χ3n) is 7.78. The number of ether oxygens (including phenoxy) is 1. The highest BCUT2D eigenvalue weighted by Gasteiger charge is 2.21. The van der Waals surface area contributed by atoms with Crippen molar-refractivity contribution in [3.8, 4) is 0 Å². The third-order valence-corrected chi connectivity index (χ3v) is 7.78. The zero-order valence-electron chi connectivity index (χ0n) is 23.1. The molecule has 1 N–H and O–H groups in total. The molecule has 2 aliphatic carbocycles. The van der Waals surface area contributed by atoms with Crippen LogP contribution in [0.1, 0.15) is 103 Å². The molecule has 4 rings (SSSR count). The van der Waals surface area contributed by atoms with Gasteiger partial charge in [0.2, 0.25) is 0 Å². The summed E-state index contributed by atoms with van der Waals surface area (Å²) >= 11 is 0. The van der Waals surface area contributed by atoms with Crippen molar-refractivity contribution in [1.29, 1.82) is 0 Å². The lowest BCUT2D eigenvalue weighted by atomic mass is 9.83. The minimum atomic E-state index is -0.265. The van der Waals surface area contributed by atoms with Gasteiger partial charge in [-0.25, -0.2) is 4.79 Å². The fourth-order valence-corrected chi connectivity index (χ4v) is 5.77. The number of esters is 1. The number of rotatable bonds is 6. The zero-order valence-corrected chi connectivity index (χ0v) is 23.1. The first kappa shape index (κ1) is 28.0. The standard InChI is InChI=1S/C16H23NO2.C15H23NO/c1-17(2)15-11-13(16(18)19-3)9-10-14(15)12-7-5-4-6-8-12;1-16(2)15-10-12(11-17)8-9-14(15)13-6-4-3-5-7-13/h9-12H,4-8H2,1-3H3;8-10,13,17H,3-7,11H2,1-2H3. The fourth-order valence-electron chi connectivity index (χ4n) is 5.77. The predicted octanol–water partition coefficient (Wildman–Crippen LogP) is 6.88. The highest BCUT2D eigenvalue weighted by molar-refractivity contribution is 5.90. The molecule has 0 amide bonds. The van der Waals surface area contributed by atoms with E-state index in [9.17, 15) is 9.90 Å². The van der Waals surface area contributed by atoms with Crippen LogP contribution in [-0.2, 0) is 11.3 Å². The van der Waals surface area contributed by atoms with Crippen LogP contribution in [0.15, 0.2) is 36.4 Å². The number of hydrogen-bond donors (Lipinski definition) is 1. The van der Waals surface area contributed by atoms with E-state index in [4.69, 9.17) is 4.74 Å². The average Bonchev–Trinajstić information content (AvgIpc) is 2.93. The first-order valence-corrected chi connectivity index (χ1v) is 13.7. The number of hydrogen-bond acceptors (Lipinski definition) is 5. The van der Waals surface area contributed by atoms with Gasteiger partial charge in [0.05, 0.1) is 19.3 Å². The Morgan fingerprint density at radius 3 is 1.69 bits per heavy atom. The Hall–Kier alpha value is -2.53. The second kappa shape index (κ2) is 13.7. The molecule has 0 aliphatic heterocycles. The molecule has 2 saturated carbocycles. The number of anilines is 2. The summed E-state index contributed by atoms with van der Waals surface area (Å²) < 4.78 is 4.80. The van der Waals surface area contributed by atoms with Crippen molar-refractivity contribution >= 4 is 17.3 Å². The molecule has 0 spiro atoms. The second-order valence-corrected chi connectivity index (χ2v) is 10.8. The van der Waals surface area contributed by atoms with Gasteiger partial charge in [0.15, 0.2) is 0 Å². The van der Waals surface area contributed by atoms with E-state index in [-0.39, 0.29) is 12.6 Å². The van der Waals surface area contributed by atoms with E-state index in [0.717, 1.165) is 11.3 Å². The predicted molar refractivity (Wildman–Crippen MR) is 150 cm³/mol. The Morgan fingerprint density at radius 2 is 1.25 bits per heavy atom. The van der Waals surface area contributed by atoms with Gasteiger partial charge in [-0.1, -0.05) is 56.7 Å². The van der Waals surface area contributed by atoms with Gasteiger partial charge in [0.25, 0.3) is 0 Å². The number of nitrogens with zero attached hydrogens (tertiary/aromatic N) is 2. The molecule has 2 aromatic rings. The molecule has 2 aromatic carbocycles. The monoisotopic (exact) mass is 494 g/mol. The van der Waals surface area contributed by atoms with Gasteiger partial charge >= 0.3 is 5.97 Å². The molecule has 0 aromatic heterocycles. The molecule has 0 saturated heterocycles. The van der Waals surface area contributed by atoms with Crippen LogP contribution in [0.5, 0.6) is 0 Å². The third kappa shape index (κ3) is 7.25. The van der Waals surface area contributed by atoms with Crippen molar-refractivity contribution in [3.63, 3.8) is 0 Å². The van der Waals surface area contributed by atoms with Crippen LogP contribution < -0.4 is 9.80 Å². The Morgan fingerprint density at radius 1 is 0.778 bits per heavy atom. The molecule has 2 fully saturated rings. The maximum absolute atomic E-state index is 11.6.